The van der Waals surface area contributed by atoms with E-state index in [0.717, 1.165) is 12.8 Å². The molecule has 5 heteroatoms. The summed E-state index contributed by atoms with van der Waals surface area (Å²) in [7, 11) is 0. The van der Waals surface area contributed by atoms with Crippen LogP contribution in [0.4, 0.5) is 4.79 Å². The largest absolute Gasteiger partial charge is 0.422 e. The van der Waals surface area contributed by atoms with E-state index < -0.39 is 11.8 Å². The van der Waals surface area contributed by atoms with Crippen molar-refractivity contribution in [3.8, 4) is 0 Å². The van der Waals surface area contributed by atoms with E-state index >= 15 is 0 Å². The molecule has 2 N–H and O–H groups in total. The lowest BCUT2D eigenvalue weighted by atomic mass is 9.79. The lowest BCUT2D eigenvalue weighted by molar-refractivity contribution is -0.137. The predicted molar refractivity (Wildman–Crippen MR) is 69.8 cm³/mol. The highest BCUT2D eigenvalue weighted by Crippen LogP contribution is 2.42. The molecule has 5 nitrogen and oxygen atoms in total. The Morgan fingerprint density at radius 3 is 2.50 bits per heavy atom. The highest BCUT2D eigenvalue weighted by atomic mass is 16.6. The molecular formula is C13H23N3O2. The maximum absolute atomic E-state index is 11.3. The molecule has 18 heavy (non-hydrogen) atoms. The third-order valence-corrected chi connectivity index (χ3v) is 3.23. The molecule has 1 aromatic heterocycles. The number of carbonyl (C=O) groups excluding carboxylic acids is 1. The number of aromatic nitrogens is 2. The van der Waals surface area contributed by atoms with Crippen molar-refractivity contribution in [3.63, 3.8) is 0 Å². The normalized spacial score (nSPS) is 15.1. The monoisotopic (exact) mass is 253 g/mol. The lowest BCUT2D eigenvalue weighted by Crippen LogP contribution is -2.49. The smallest absolute Gasteiger partial charge is 0.406 e. The van der Waals surface area contributed by atoms with Crippen molar-refractivity contribution in [3.05, 3.63) is 18.7 Å². The Morgan fingerprint density at radius 2 is 2.11 bits per heavy atom. The Balaban J connectivity index is 3.21. The number of ether oxygens (including phenoxy) is 1. The van der Waals surface area contributed by atoms with Crippen molar-refractivity contribution in [2.24, 2.45) is 11.1 Å². The van der Waals surface area contributed by atoms with Gasteiger partial charge in [0.15, 0.2) is 5.72 Å². The Kier molecular flexibility index (Phi) is 4.38. The minimum Gasteiger partial charge on any atom is -0.422 e. The number of unbranched alkanes of at least 4 members (excludes halogenated alkanes) is 1. The fourth-order valence-electron chi connectivity index (χ4n) is 2.20. The van der Waals surface area contributed by atoms with Gasteiger partial charge in [-0.05, 0) is 6.42 Å². The number of nitrogens with zero attached hydrogens (tertiary/aromatic N) is 2. The van der Waals surface area contributed by atoms with Gasteiger partial charge in [0.05, 0.1) is 6.33 Å². The second-order valence-electron chi connectivity index (χ2n) is 5.53. The minimum absolute atomic E-state index is 0.280. The van der Waals surface area contributed by atoms with Gasteiger partial charge in [-0.1, -0.05) is 34.1 Å². The van der Waals surface area contributed by atoms with E-state index in [1.807, 2.05) is 31.5 Å². The molecule has 0 bridgehead atoms. The fourth-order valence-corrected chi connectivity index (χ4v) is 2.20. The van der Waals surface area contributed by atoms with Crippen molar-refractivity contribution in [1.82, 2.24) is 9.55 Å². The molecule has 1 heterocycles. The summed E-state index contributed by atoms with van der Waals surface area (Å²) >= 11 is 0. The van der Waals surface area contributed by atoms with Crippen molar-refractivity contribution in [2.45, 2.75) is 52.7 Å². The molecule has 0 aromatic carbocycles. The van der Waals surface area contributed by atoms with Crippen LogP contribution in [0, 0.1) is 5.41 Å². The van der Waals surface area contributed by atoms with Crippen LogP contribution in [0.15, 0.2) is 18.7 Å². The molecule has 0 radical (unpaired) electrons. The first-order chi connectivity index (χ1) is 8.33. The van der Waals surface area contributed by atoms with Gasteiger partial charge < -0.3 is 10.5 Å². The van der Waals surface area contributed by atoms with Gasteiger partial charge >= 0.3 is 6.09 Å². The molecule has 102 valence electrons. The van der Waals surface area contributed by atoms with Crippen LogP contribution in [-0.2, 0) is 10.5 Å². The molecule has 0 saturated carbocycles. The van der Waals surface area contributed by atoms with E-state index in [1.165, 1.54) is 0 Å². The molecule has 1 aromatic rings. The summed E-state index contributed by atoms with van der Waals surface area (Å²) in [5.74, 6) is 0. The van der Waals surface area contributed by atoms with E-state index in [4.69, 9.17) is 10.5 Å². The quantitative estimate of drug-likeness (QED) is 0.877. The topological polar surface area (TPSA) is 70.1 Å². The van der Waals surface area contributed by atoms with E-state index in [-0.39, 0.29) is 5.41 Å². The number of carbonyl (C=O) groups is 1. The molecule has 0 fully saturated rings. The number of primary amides is 1. The molecule has 0 saturated heterocycles. The van der Waals surface area contributed by atoms with E-state index in [1.54, 1.807) is 12.5 Å². The van der Waals surface area contributed by atoms with Crippen molar-refractivity contribution >= 4 is 6.09 Å². The van der Waals surface area contributed by atoms with Gasteiger partial charge in [0.2, 0.25) is 0 Å². The Bertz CT molecular complexity index is 381. The zero-order chi connectivity index (χ0) is 13.8. The third-order valence-electron chi connectivity index (χ3n) is 3.23. The Labute approximate surface area is 108 Å². The predicted octanol–water partition coefficient (Wildman–Crippen LogP) is 2.87. The molecule has 0 aliphatic heterocycles. The van der Waals surface area contributed by atoms with Crippen LogP contribution in [-0.4, -0.2) is 15.6 Å². The van der Waals surface area contributed by atoms with Gasteiger partial charge in [0, 0.05) is 24.2 Å². The molecule has 1 amide bonds. The van der Waals surface area contributed by atoms with Gasteiger partial charge in [0.1, 0.15) is 0 Å². The summed E-state index contributed by atoms with van der Waals surface area (Å²) in [5.41, 5.74) is 4.19. The summed E-state index contributed by atoms with van der Waals surface area (Å²) in [6.07, 6.45) is 7.09. The molecule has 0 spiro atoms. The first-order valence-corrected chi connectivity index (χ1v) is 6.30. The van der Waals surface area contributed by atoms with Gasteiger partial charge in [-0.25, -0.2) is 9.78 Å². The van der Waals surface area contributed by atoms with Crippen LogP contribution in [0.2, 0.25) is 0 Å². The van der Waals surface area contributed by atoms with Crippen LogP contribution in [0.3, 0.4) is 0 Å². The maximum atomic E-state index is 11.3. The van der Waals surface area contributed by atoms with Crippen LogP contribution in [0.25, 0.3) is 0 Å². The highest BCUT2D eigenvalue weighted by molar-refractivity contribution is 5.65. The average Bonchev–Trinajstić information content (AvgIpc) is 2.75. The van der Waals surface area contributed by atoms with E-state index in [0.29, 0.717) is 6.42 Å². The van der Waals surface area contributed by atoms with Crippen molar-refractivity contribution in [2.75, 3.05) is 0 Å². The number of imidazole rings is 1. The lowest BCUT2D eigenvalue weighted by Gasteiger charge is -2.44. The van der Waals surface area contributed by atoms with Crippen molar-refractivity contribution in [1.29, 1.82) is 0 Å². The number of amides is 1. The van der Waals surface area contributed by atoms with Crippen LogP contribution in [0.5, 0.6) is 0 Å². The molecule has 0 aliphatic carbocycles. The first-order valence-electron chi connectivity index (χ1n) is 6.30. The summed E-state index contributed by atoms with van der Waals surface area (Å²) in [4.78, 5) is 15.3. The van der Waals surface area contributed by atoms with Gasteiger partial charge in [-0.3, -0.25) is 4.57 Å². The molecule has 1 rings (SSSR count). The molecule has 1 atom stereocenters. The summed E-state index contributed by atoms with van der Waals surface area (Å²) < 4.78 is 7.35. The fraction of sp³-hybridized carbons (Fsp3) is 0.692. The van der Waals surface area contributed by atoms with Crippen LogP contribution >= 0.6 is 0 Å². The molecular weight excluding hydrogens is 230 g/mol. The van der Waals surface area contributed by atoms with Crippen LogP contribution < -0.4 is 5.73 Å². The molecule has 0 aliphatic rings. The van der Waals surface area contributed by atoms with E-state index in [9.17, 15) is 4.79 Å². The summed E-state index contributed by atoms with van der Waals surface area (Å²) in [6, 6.07) is 0. The number of hydrogen-bond acceptors (Lipinski definition) is 3. The summed E-state index contributed by atoms with van der Waals surface area (Å²) in [5, 5.41) is 0. The highest BCUT2D eigenvalue weighted by Gasteiger charge is 2.46. The van der Waals surface area contributed by atoms with Gasteiger partial charge in [-0.15, -0.1) is 0 Å². The Hall–Kier alpha value is -1.52. The van der Waals surface area contributed by atoms with Gasteiger partial charge in [0.25, 0.3) is 0 Å². The molecule has 1 unspecified atom stereocenters. The standard InChI is InChI=1S/C13H23N3O2/c1-5-6-7-13(12(2,3)4,18-11(14)17)16-9-8-15-10-16/h8-10H,5-7H2,1-4H3,(H2,14,17). The second-order valence-corrected chi connectivity index (χ2v) is 5.53. The summed E-state index contributed by atoms with van der Waals surface area (Å²) in [6.45, 7) is 8.20. The van der Waals surface area contributed by atoms with Crippen molar-refractivity contribution < 1.29 is 9.53 Å². The third kappa shape index (κ3) is 2.83. The first kappa shape index (κ1) is 14.5. The Morgan fingerprint density at radius 1 is 1.44 bits per heavy atom. The van der Waals surface area contributed by atoms with E-state index in [2.05, 4.69) is 11.9 Å². The van der Waals surface area contributed by atoms with Crippen LogP contribution in [0.1, 0.15) is 47.0 Å². The number of hydrogen-bond donors (Lipinski definition) is 1. The average molecular weight is 253 g/mol. The number of rotatable bonds is 5. The SMILES string of the molecule is CCCCC(OC(N)=O)(n1ccnc1)C(C)(C)C. The maximum Gasteiger partial charge on any atom is 0.406 e. The second kappa shape index (κ2) is 5.42. The number of nitrogens with two attached hydrogens (primary N) is 1. The zero-order valence-electron chi connectivity index (χ0n) is 11.6. The minimum atomic E-state index is -0.786. The zero-order valence-corrected chi connectivity index (χ0v) is 11.6. The van der Waals surface area contributed by atoms with Gasteiger partial charge in [-0.2, -0.15) is 0 Å².